The predicted octanol–water partition coefficient (Wildman–Crippen LogP) is 2.57. The maximum Gasteiger partial charge on any atom is 0.337 e. The number of nitrogens with zero attached hydrogens (tertiary/aromatic N) is 2. The third-order valence-electron chi connectivity index (χ3n) is 4.06. The Morgan fingerprint density at radius 2 is 1.93 bits per heavy atom. The average molecular weight is 419 g/mol. The summed E-state index contributed by atoms with van der Waals surface area (Å²) in [4.78, 5) is 35.8. The first-order chi connectivity index (χ1) is 13.2. The van der Waals surface area contributed by atoms with Crippen LogP contribution in [0.25, 0.3) is 0 Å². The zero-order valence-corrected chi connectivity index (χ0v) is 17.3. The van der Waals surface area contributed by atoms with E-state index < -0.39 is 28.9 Å². The van der Waals surface area contributed by atoms with Crippen molar-refractivity contribution in [2.45, 2.75) is 32.8 Å². The molecule has 1 aromatic carbocycles. The molecule has 10 heteroatoms. The lowest BCUT2D eigenvalue weighted by Gasteiger charge is -2.29. The topological polar surface area (TPSA) is 132 Å². The molecule has 0 saturated carbocycles. The van der Waals surface area contributed by atoms with E-state index in [1.807, 2.05) is 6.07 Å². The number of benzene rings is 1. The number of allylic oxidation sites excluding steroid dienone is 2. The maximum absolute atomic E-state index is 12.8. The first-order valence-corrected chi connectivity index (χ1v) is 8.36. The summed E-state index contributed by atoms with van der Waals surface area (Å²) in [5.41, 5.74) is 0.251. The lowest BCUT2D eigenvalue weighted by molar-refractivity contribution is -0.384. The molecule has 0 bridgehead atoms. The van der Waals surface area contributed by atoms with Crippen LogP contribution in [-0.4, -0.2) is 30.1 Å². The molecule has 0 radical (unpaired) electrons. The van der Waals surface area contributed by atoms with Crippen LogP contribution in [0.5, 0.6) is 0 Å². The minimum Gasteiger partial charge on any atom is -0.466 e. The van der Waals surface area contributed by atoms with Gasteiger partial charge in [0.1, 0.15) is 11.8 Å². The Hall–Kier alpha value is -3.32. The highest BCUT2D eigenvalue weighted by molar-refractivity contribution is 7.59. The molecule has 154 valence electrons. The highest BCUT2D eigenvalue weighted by Crippen LogP contribution is 2.40. The SMILES string of the molecule is COC(=O)C1=C(C#N)NC(C)=C(C(=O)OC(C)C)C1c1cccc([N+](=O)[O-])c1.S. The van der Waals surface area contributed by atoms with Gasteiger partial charge in [-0.2, -0.15) is 18.8 Å². The Labute approximate surface area is 174 Å². The number of esters is 2. The van der Waals surface area contributed by atoms with Crippen LogP contribution in [0, 0.1) is 21.4 Å². The van der Waals surface area contributed by atoms with Crippen LogP contribution in [0.2, 0.25) is 0 Å². The monoisotopic (exact) mass is 419 g/mol. The summed E-state index contributed by atoms with van der Waals surface area (Å²) in [6, 6.07) is 7.41. The van der Waals surface area contributed by atoms with E-state index in [4.69, 9.17) is 9.47 Å². The van der Waals surface area contributed by atoms with Gasteiger partial charge in [-0.25, -0.2) is 9.59 Å². The van der Waals surface area contributed by atoms with Gasteiger partial charge in [-0.1, -0.05) is 12.1 Å². The number of methoxy groups -OCH3 is 1. The Balaban J connectivity index is 0.00000420. The summed E-state index contributed by atoms with van der Waals surface area (Å²) in [7, 11) is 1.14. The van der Waals surface area contributed by atoms with E-state index in [0.29, 0.717) is 11.3 Å². The molecule has 2 rings (SSSR count). The second-order valence-electron chi connectivity index (χ2n) is 6.29. The molecule has 0 spiro atoms. The lowest BCUT2D eigenvalue weighted by atomic mass is 9.80. The van der Waals surface area contributed by atoms with Crippen LogP contribution in [0.1, 0.15) is 32.3 Å². The smallest absolute Gasteiger partial charge is 0.337 e. The van der Waals surface area contributed by atoms with Crippen LogP contribution in [0.15, 0.2) is 46.8 Å². The zero-order chi connectivity index (χ0) is 21.0. The molecule has 29 heavy (non-hydrogen) atoms. The van der Waals surface area contributed by atoms with Gasteiger partial charge in [0.15, 0.2) is 0 Å². The zero-order valence-electron chi connectivity index (χ0n) is 16.3. The van der Waals surface area contributed by atoms with Gasteiger partial charge in [-0.3, -0.25) is 10.1 Å². The second-order valence-corrected chi connectivity index (χ2v) is 6.29. The fourth-order valence-electron chi connectivity index (χ4n) is 2.95. The number of ether oxygens (including phenoxy) is 2. The Morgan fingerprint density at radius 3 is 2.45 bits per heavy atom. The number of non-ortho nitro benzene ring substituents is 1. The molecule has 0 aliphatic carbocycles. The number of nitro groups is 1. The molecular formula is C19H21N3O6S. The van der Waals surface area contributed by atoms with Crippen molar-refractivity contribution in [2.75, 3.05) is 7.11 Å². The van der Waals surface area contributed by atoms with Gasteiger partial charge in [-0.05, 0) is 26.3 Å². The number of carbonyl (C=O) groups is 2. The van der Waals surface area contributed by atoms with Crippen molar-refractivity contribution in [3.63, 3.8) is 0 Å². The molecule has 1 heterocycles. The van der Waals surface area contributed by atoms with E-state index in [1.165, 1.54) is 24.3 Å². The van der Waals surface area contributed by atoms with E-state index >= 15 is 0 Å². The highest BCUT2D eigenvalue weighted by Gasteiger charge is 2.39. The number of carbonyl (C=O) groups excluding carboxylic acids is 2. The van der Waals surface area contributed by atoms with Crippen LogP contribution < -0.4 is 5.32 Å². The normalized spacial score (nSPS) is 15.8. The quantitative estimate of drug-likeness (QED) is 0.437. The van der Waals surface area contributed by atoms with E-state index in [9.17, 15) is 25.0 Å². The number of nitro benzene ring substituents is 1. The van der Waals surface area contributed by atoms with E-state index in [1.54, 1.807) is 20.8 Å². The molecule has 9 nitrogen and oxygen atoms in total. The molecule has 0 amide bonds. The molecular weight excluding hydrogens is 398 g/mol. The molecule has 1 atom stereocenters. The van der Waals surface area contributed by atoms with Gasteiger partial charge < -0.3 is 14.8 Å². The molecule has 1 unspecified atom stereocenters. The predicted molar refractivity (Wildman–Crippen MR) is 108 cm³/mol. The van der Waals surface area contributed by atoms with Crippen molar-refractivity contribution >= 4 is 31.1 Å². The van der Waals surface area contributed by atoms with E-state index in [0.717, 1.165) is 7.11 Å². The van der Waals surface area contributed by atoms with Gasteiger partial charge in [0, 0.05) is 17.8 Å². The van der Waals surface area contributed by atoms with E-state index in [-0.39, 0.29) is 36.0 Å². The summed E-state index contributed by atoms with van der Waals surface area (Å²) >= 11 is 0. The first kappa shape index (κ1) is 23.7. The molecule has 0 aromatic heterocycles. The summed E-state index contributed by atoms with van der Waals surface area (Å²) in [6.45, 7) is 4.90. The number of dihydropyridines is 1. The van der Waals surface area contributed by atoms with Gasteiger partial charge in [0.05, 0.1) is 35.2 Å². The average Bonchev–Trinajstić information content (AvgIpc) is 2.65. The number of nitrogens with one attached hydrogen (secondary N) is 1. The maximum atomic E-state index is 12.8. The molecule has 1 aromatic rings. The van der Waals surface area contributed by atoms with Crippen LogP contribution in [0.3, 0.4) is 0 Å². The highest BCUT2D eigenvalue weighted by atomic mass is 32.1. The van der Waals surface area contributed by atoms with Crippen LogP contribution in [-0.2, 0) is 19.1 Å². The Bertz CT molecular complexity index is 946. The van der Waals surface area contributed by atoms with Crippen LogP contribution >= 0.6 is 13.5 Å². The minimum atomic E-state index is -1.06. The van der Waals surface area contributed by atoms with E-state index in [2.05, 4.69) is 5.32 Å². The minimum absolute atomic E-state index is 0. The van der Waals surface area contributed by atoms with Gasteiger partial charge in [0.2, 0.25) is 0 Å². The number of nitriles is 1. The van der Waals surface area contributed by atoms with Crippen molar-refractivity contribution in [2.24, 2.45) is 0 Å². The summed E-state index contributed by atoms with van der Waals surface area (Å²) < 4.78 is 10.1. The summed E-state index contributed by atoms with van der Waals surface area (Å²) in [5.74, 6) is -2.59. The molecule has 0 fully saturated rings. The first-order valence-electron chi connectivity index (χ1n) is 8.36. The van der Waals surface area contributed by atoms with Crippen molar-refractivity contribution in [1.82, 2.24) is 5.32 Å². The standard InChI is InChI=1S/C19H19N3O6.H2S/c1-10(2)28-19(24)15-11(3)21-14(9-20)17(18(23)27-4)16(15)12-6-5-7-13(8-12)22(25)26;/h5-8,10,16,21H,1-4H3;1H2. The largest absolute Gasteiger partial charge is 0.466 e. The third kappa shape index (κ3) is 4.94. The molecule has 0 saturated heterocycles. The number of hydrogen-bond acceptors (Lipinski definition) is 8. The van der Waals surface area contributed by atoms with Crippen molar-refractivity contribution < 1.29 is 24.0 Å². The third-order valence-corrected chi connectivity index (χ3v) is 4.06. The number of hydrogen-bond donors (Lipinski definition) is 1. The summed E-state index contributed by atoms with van der Waals surface area (Å²) in [5, 5.41) is 23.4. The van der Waals surface area contributed by atoms with Crippen molar-refractivity contribution in [3.8, 4) is 6.07 Å². The Kier molecular flexibility index (Phi) is 7.97. The summed E-state index contributed by atoms with van der Waals surface area (Å²) in [6.07, 6.45) is -0.429. The van der Waals surface area contributed by atoms with Crippen molar-refractivity contribution in [3.05, 3.63) is 62.5 Å². The molecule has 1 aliphatic rings. The Morgan fingerprint density at radius 1 is 1.28 bits per heavy atom. The lowest BCUT2D eigenvalue weighted by Crippen LogP contribution is -2.33. The molecule has 1 N–H and O–H groups in total. The van der Waals surface area contributed by atoms with Gasteiger partial charge in [-0.15, -0.1) is 0 Å². The van der Waals surface area contributed by atoms with Crippen molar-refractivity contribution in [1.29, 1.82) is 5.26 Å². The van der Waals surface area contributed by atoms with Crippen LogP contribution in [0.4, 0.5) is 5.69 Å². The fourth-order valence-corrected chi connectivity index (χ4v) is 2.95. The molecule has 1 aliphatic heterocycles. The fraction of sp³-hybridized carbons (Fsp3) is 0.316. The number of rotatable bonds is 5. The second kappa shape index (κ2) is 9.75. The van der Waals surface area contributed by atoms with Gasteiger partial charge in [0.25, 0.3) is 5.69 Å². The van der Waals surface area contributed by atoms with Gasteiger partial charge >= 0.3 is 11.9 Å².